The number of benzene rings is 1. The molecule has 1 saturated carbocycles. The molecule has 2 aliphatic rings. The zero-order valence-corrected chi connectivity index (χ0v) is 7.99. The molecule has 0 saturated heterocycles. The lowest BCUT2D eigenvalue weighted by Gasteiger charge is -2.24. The Kier molecular flexibility index (Phi) is 1.63. The zero-order valence-electron chi connectivity index (χ0n) is 7.99. The largest absolute Gasteiger partial charge is 0.381 e. The lowest BCUT2D eigenvalue weighted by Crippen LogP contribution is -2.29. The first-order chi connectivity index (χ1) is 6.84. The van der Waals surface area contributed by atoms with Crippen molar-refractivity contribution in [3.8, 4) is 0 Å². The number of para-hydroxylation sites is 1. The van der Waals surface area contributed by atoms with Gasteiger partial charge in [0.2, 0.25) is 0 Å². The number of fused-ring (bicyclic) bond motifs is 3. The van der Waals surface area contributed by atoms with Crippen LogP contribution in [0.3, 0.4) is 0 Å². The summed E-state index contributed by atoms with van der Waals surface area (Å²) in [6, 6.07) is 8.79. The fraction of sp³-hybridized carbons (Fsp3) is 0.417. The van der Waals surface area contributed by atoms with Gasteiger partial charge in [-0.2, -0.15) is 0 Å². The van der Waals surface area contributed by atoms with Crippen LogP contribution in [0.4, 0.5) is 5.69 Å². The Bertz CT molecular complexity index is 386. The first kappa shape index (κ1) is 8.04. The Morgan fingerprint density at radius 2 is 2.14 bits per heavy atom. The van der Waals surface area contributed by atoms with Crippen LogP contribution < -0.4 is 5.32 Å². The number of carbonyl (C=O) groups excluding carboxylic acids is 1. The topological polar surface area (TPSA) is 29.1 Å². The third-order valence-corrected chi connectivity index (χ3v) is 3.37. The third-order valence-electron chi connectivity index (χ3n) is 3.37. The van der Waals surface area contributed by atoms with Crippen molar-refractivity contribution < 1.29 is 4.79 Å². The van der Waals surface area contributed by atoms with Crippen molar-refractivity contribution in [2.45, 2.75) is 31.2 Å². The van der Waals surface area contributed by atoms with Crippen molar-refractivity contribution in [3.05, 3.63) is 29.8 Å². The SMILES string of the molecule is O=C1CCC2c3ccccc3NC2C1. The van der Waals surface area contributed by atoms with Crippen LogP contribution in [0.25, 0.3) is 0 Å². The van der Waals surface area contributed by atoms with Gasteiger partial charge in [-0.15, -0.1) is 0 Å². The summed E-state index contributed by atoms with van der Waals surface area (Å²) >= 11 is 0. The molecule has 1 aromatic carbocycles. The van der Waals surface area contributed by atoms with Crippen molar-refractivity contribution in [2.24, 2.45) is 0 Å². The summed E-state index contributed by atoms with van der Waals surface area (Å²) in [5.41, 5.74) is 2.64. The minimum atomic E-state index is 0.369. The number of ketones is 1. The monoisotopic (exact) mass is 187 g/mol. The molecule has 2 nitrogen and oxygen atoms in total. The summed E-state index contributed by atoms with van der Waals surface area (Å²) in [4.78, 5) is 11.3. The molecule has 0 aromatic heterocycles. The Balaban J connectivity index is 1.98. The van der Waals surface area contributed by atoms with E-state index < -0.39 is 0 Å². The first-order valence-corrected chi connectivity index (χ1v) is 5.22. The van der Waals surface area contributed by atoms with E-state index in [1.165, 1.54) is 11.3 Å². The zero-order chi connectivity index (χ0) is 9.54. The second-order valence-electron chi connectivity index (χ2n) is 4.23. The molecule has 0 radical (unpaired) electrons. The summed E-state index contributed by atoms with van der Waals surface area (Å²) < 4.78 is 0. The van der Waals surface area contributed by atoms with Crippen LogP contribution in [0.1, 0.15) is 30.7 Å². The van der Waals surface area contributed by atoms with Crippen LogP contribution in [0, 0.1) is 0 Å². The Hall–Kier alpha value is -1.31. The highest BCUT2D eigenvalue weighted by Crippen LogP contribution is 2.42. The summed E-state index contributed by atoms with van der Waals surface area (Å²) in [6.45, 7) is 0. The predicted octanol–water partition coefficient (Wildman–Crippen LogP) is 2.32. The van der Waals surface area contributed by atoms with Gasteiger partial charge in [0.05, 0.1) is 0 Å². The van der Waals surface area contributed by atoms with E-state index >= 15 is 0 Å². The van der Waals surface area contributed by atoms with Gasteiger partial charge in [-0.3, -0.25) is 4.79 Å². The second-order valence-corrected chi connectivity index (χ2v) is 4.23. The molecular weight excluding hydrogens is 174 g/mol. The maximum atomic E-state index is 11.3. The molecule has 0 spiro atoms. The average Bonchev–Trinajstić information content (AvgIpc) is 2.54. The molecule has 2 atom stereocenters. The van der Waals surface area contributed by atoms with Crippen LogP contribution in [0.2, 0.25) is 0 Å². The normalized spacial score (nSPS) is 29.3. The number of Topliss-reactive ketones (excluding diaryl/α,β-unsaturated/α-hetero) is 1. The van der Waals surface area contributed by atoms with E-state index in [-0.39, 0.29) is 0 Å². The molecule has 14 heavy (non-hydrogen) atoms. The van der Waals surface area contributed by atoms with Crippen molar-refractivity contribution in [1.29, 1.82) is 0 Å². The molecule has 1 heterocycles. The maximum absolute atomic E-state index is 11.3. The van der Waals surface area contributed by atoms with Gasteiger partial charge in [-0.05, 0) is 18.1 Å². The van der Waals surface area contributed by atoms with Crippen LogP contribution in [0.15, 0.2) is 24.3 Å². The van der Waals surface area contributed by atoms with Crippen molar-refractivity contribution in [1.82, 2.24) is 0 Å². The average molecular weight is 187 g/mol. The van der Waals surface area contributed by atoms with Crippen LogP contribution >= 0.6 is 0 Å². The van der Waals surface area contributed by atoms with Crippen LogP contribution in [0.5, 0.6) is 0 Å². The molecule has 1 aliphatic heterocycles. The molecule has 1 aliphatic carbocycles. The van der Waals surface area contributed by atoms with Crippen LogP contribution in [-0.4, -0.2) is 11.8 Å². The number of carbonyl (C=O) groups is 1. The lowest BCUT2D eigenvalue weighted by molar-refractivity contribution is -0.120. The predicted molar refractivity (Wildman–Crippen MR) is 55.5 cm³/mol. The van der Waals surface area contributed by atoms with E-state index in [1.807, 2.05) is 6.07 Å². The molecule has 0 bridgehead atoms. The number of nitrogens with one attached hydrogen (secondary N) is 1. The molecule has 1 fully saturated rings. The summed E-state index contributed by atoms with van der Waals surface area (Å²) in [5, 5.41) is 3.45. The van der Waals surface area contributed by atoms with Gasteiger partial charge in [-0.1, -0.05) is 18.2 Å². The minimum Gasteiger partial charge on any atom is -0.381 e. The van der Waals surface area contributed by atoms with Crippen molar-refractivity contribution in [3.63, 3.8) is 0 Å². The molecule has 2 unspecified atom stereocenters. The summed E-state index contributed by atoms with van der Waals surface area (Å²) in [6.07, 6.45) is 2.49. The molecule has 1 aromatic rings. The first-order valence-electron chi connectivity index (χ1n) is 5.22. The van der Waals surface area contributed by atoms with Crippen molar-refractivity contribution >= 4 is 11.5 Å². The van der Waals surface area contributed by atoms with E-state index in [9.17, 15) is 4.79 Å². The second kappa shape index (κ2) is 2.84. The number of anilines is 1. The van der Waals surface area contributed by atoms with Gasteiger partial charge < -0.3 is 5.32 Å². The van der Waals surface area contributed by atoms with Crippen LogP contribution in [-0.2, 0) is 4.79 Å². The smallest absolute Gasteiger partial charge is 0.134 e. The molecule has 3 rings (SSSR count). The van der Waals surface area contributed by atoms with E-state index in [0.717, 1.165) is 12.8 Å². The molecule has 0 amide bonds. The maximum Gasteiger partial charge on any atom is 0.134 e. The third kappa shape index (κ3) is 1.07. The van der Waals surface area contributed by atoms with Gasteiger partial charge in [0.15, 0.2) is 0 Å². The fourth-order valence-electron chi connectivity index (χ4n) is 2.68. The van der Waals surface area contributed by atoms with Gasteiger partial charge in [0.1, 0.15) is 5.78 Å². The summed E-state index contributed by atoms with van der Waals surface area (Å²) in [5.74, 6) is 0.982. The minimum absolute atomic E-state index is 0.369. The van der Waals surface area contributed by atoms with E-state index in [2.05, 4.69) is 23.5 Å². The molecule has 2 heteroatoms. The molecular formula is C12H13NO. The van der Waals surface area contributed by atoms with Gasteiger partial charge >= 0.3 is 0 Å². The Labute approximate surface area is 83.3 Å². The highest BCUT2D eigenvalue weighted by atomic mass is 16.1. The number of hydrogen-bond acceptors (Lipinski definition) is 2. The van der Waals surface area contributed by atoms with Gasteiger partial charge in [0, 0.05) is 30.5 Å². The van der Waals surface area contributed by atoms with E-state index in [4.69, 9.17) is 0 Å². The highest BCUT2D eigenvalue weighted by Gasteiger charge is 2.36. The molecule has 1 N–H and O–H groups in total. The number of hydrogen-bond donors (Lipinski definition) is 1. The number of rotatable bonds is 0. The lowest BCUT2D eigenvalue weighted by atomic mass is 9.82. The summed E-state index contributed by atoms with van der Waals surface area (Å²) in [7, 11) is 0. The highest BCUT2D eigenvalue weighted by molar-refractivity contribution is 5.82. The quantitative estimate of drug-likeness (QED) is 0.675. The van der Waals surface area contributed by atoms with Crippen molar-refractivity contribution in [2.75, 3.05) is 5.32 Å². The fourth-order valence-corrected chi connectivity index (χ4v) is 2.68. The van der Waals surface area contributed by atoms with Gasteiger partial charge in [-0.25, -0.2) is 0 Å². The van der Waals surface area contributed by atoms with E-state index in [1.54, 1.807) is 0 Å². The molecule has 72 valence electrons. The Morgan fingerprint density at radius 3 is 3.07 bits per heavy atom. The standard InChI is InChI=1S/C12H13NO/c14-8-5-6-10-9-3-1-2-4-11(9)13-12(10)7-8/h1-4,10,12-13H,5-7H2. The van der Waals surface area contributed by atoms with E-state index in [0.29, 0.717) is 24.2 Å². The van der Waals surface area contributed by atoms with Gasteiger partial charge in [0.25, 0.3) is 0 Å². The Morgan fingerprint density at radius 1 is 1.29 bits per heavy atom.